The van der Waals surface area contributed by atoms with Crippen LogP contribution >= 0.6 is 22.6 Å². The predicted octanol–water partition coefficient (Wildman–Crippen LogP) is 2.24. The zero-order chi connectivity index (χ0) is 6.69. The molecule has 0 amide bonds. The van der Waals surface area contributed by atoms with Gasteiger partial charge in [0, 0.05) is 16.0 Å². The van der Waals surface area contributed by atoms with Gasteiger partial charge in [0.15, 0.2) is 0 Å². The molecule has 0 aliphatic carbocycles. The van der Waals surface area contributed by atoms with Crippen LogP contribution in [-0.4, -0.2) is 4.98 Å². The van der Waals surface area contributed by atoms with E-state index in [0.717, 1.165) is 3.57 Å². The summed E-state index contributed by atoms with van der Waals surface area (Å²) in [6, 6.07) is 1.70. The first kappa shape index (κ1) is 6.49. The number of halogens is 1. The third kappa shape index (κ3) is 1.39. The molecule has 0 N–H and O–H groups in total. The van der Waals surface area contributed by atoms with Crippen molar-refractivity contribution < 1.29 is 0 Å². The fourth-order valence-corrected chi connectivity index (χ4v) is 0.920. The van der Waals surface area contributed by atoms with Crippen molar-refractivity contribution in [3.8, 4) is 0 Å². The molecule has 0 radical (unpaired) electrons. The van der Waals surface area contributed by atoms with Gasteiger partial charge in [0.1, 0.15) is 0 Å². The van der Waals surface area contributed by atoms with Gasteiger partial charge in [0.2, 0.25) is 5.69 Å². The standard InChI is InChI=1S/C6H3IN2/c1-8-6-2-3-9-4-5(6)7/h2-4H. The van der Waals surface area contributed by atoms with Crippen LogP contribution in [0.2, 0.25) is 0 Å². The Morgan fingerprint density at radius 2 is 2.44 bits per heavy atom. The normalized spacial score (nSPS) is 8.44. The molecule has 0 bridgehead atoms. The van der Waals surface area contributed by atoms with E-state index < -0.39 is 0 Å². The summed E-state index contributed by atoms with van der Waals surface area (Å²) in [6.07, 6.45) is 3.30. The molecule has 1 aromatic rings. The van der Waals surface area contributed by atoms with E-state index in [1.807, 2.05) is 0 Å². The maximum absolute atomic E-state index is 6.68. The van der Waals surface area contributed by atoms with Crippen LogP contribution in [0.15, 0.2) is 18.5 Å². The molecule has 1 aromatic heterocycles. The first-order chi connectivity index (χ1) is 4.34. The van der Waals surface area contributed by atoms with Gasteiger partial charge in [-0.15, -0.1) is 0 Å². The first-order valence-electron chi connectivity index (χ1n) is 2.31. The van der Waals surface area contributed by atoms with Crippen LogP contribution in [0.1, 0.15) is 0 Å². The van der Waals surface area contributed by atoms with Gasteiger partial charge in [-0.1, -0.05) is 22.6 Å². The van der Waals surface area contributed by atoms with Gasteiger partial charge < -0.3 is 0 Å². The number of nitrogens with zero attached hydrogens (tertiary/aromatic N) is 2. The summed E-state index contributed by atoms with van der Waals surface area (Å²) in [7, 11) is 0. The van der Waals surface area contributed by atoms with Crippen molar-refractivity contribution in [2.75, 3.05) is 0 Å². The van der Waals surface area contributed by atoms with E-state index in [1.165, 1.54) is 0 Å². The molecule has 0 aromatic carbocycles. The van der Waals surface area contributed by atoms with Crippen molar-refractivity contribution in [1.29, 1.82) is 0 Å². The van der Waals surface area contributed by atoms with Crippen LogP contribution in [0.4, 0.5) is 5.69 Å². The van der Waals surface area contributed by atoms with Gasteiger partial charge in [0.25, 0.3) is 0 Å². The molecule has 0 fully saturated rings. The lowest BCUT2D eigenvalue weighted by Gasteiger charge is -1.88. The van der Waals surface area contributed by atoms with Crippen LogP contribution < -0.4 is 0 Å². The first-order valence-corrected chi connectivity index (χ1v) is 3.39. The van der Waals surface area contributed by atoms with Gasteiger partial charge in [-0.2, -0.15) is 0 Å². The van der Waals surface area contributed by atoms with E-state index >= 15 is 0 Å². The third-order valence-corrected chi connectivity index (χ3v) is 1.70. The van der Waals surface area contributed by atoms with E-state index in [2.05, 4.69) is 32.4 Å². The number of hydrogen-bond acceptors (Lipinski definition) is 1. The highest BCUT2D eigenvalue weighted by Crippen LogP contribution is 2.17. The second-order valence-corrected chi connectivity index (χ2v) is 2.60. The van der Waals surface area contributed by atoms with Gasteiger partial charge in [-0.3, -0.25) is 4.98 Å². The maximum Gasteiger partial charge on any atom is 0.203 e. The predicted molar refractivity (Wildman–Crippen MR) is 43.2 cm³/mol. The van der Waals surface area contributed by atoms with E-state index in [0.29, 0.717) is 5.69 Å². The highest BCUT2D eigenvalue weighted by atomic mass is 127. The summed E-state index contributed by atoms with van der Waals surface area (Å²) >= 11 is 2.08. The summed E-state index contributed by atoms with van der Waals surface area (Å²) in [4.78, 5) is 7.11. The highest BCUT2D eigenvalue weighted by Gasteiger charge is 1.93. The fourth-order valence-electron chi connectivity index (χ4n) is 0.459. The molecule has 0 spiro atoms. The van der Waals surface area contributed by atoms with Crippen LogP contribution in [-0.2, 0) is 0 Å². The van der Waals surface area contributed by atoms with E-state index in [9.17, 15) is 0 Å². The van der Waals surface area contributed by atoms with E-state index in [1.54, 1.807) is 18.5 Å². The molecule has 0 saturated heterocycles. The summed E-state index contributed by atoms with van der Waals surface area (Å²) in [6.45, 7) is 6.68. The molecule has 2 nitrogen and oxygen atoms in total. The minimum absolute atomic E-state index is 0.672. The molecular weight excluding hydrogens is 227 g/mol. The Bertz CT molecular complexity index is 251. The molecule has 0 aliphatic rings. The van der Waals surface area contributed by atoms with Crippen molar-refractivity contribution in [2.45, 2.75) is 0 Å². The largest absolute Gasteiger partial charge is 0.266 e. The van der Waals surface area contributed by atoms with Crippen molar-refractivity contribution in [2.24, 2.45) is 0 Å². The van der Waals surface area contributed by atoms with E-state index in [-0.39, 0.29) is 0 Å². The molecule has 0 atom stereocenters. The highest BCUT2D eigenvalue weighted by molar-refractivity contribution is 14.1. The minimum atomic E-state index is 0.672. The number of rotatable bonds is 0. The monoisotopic (exact) mass is 230 g/mol. The average Bonchev–Trinajstić information content (AvgIpc) is 1.89. The molecule has 1 heterocycles. The zero-order valence-corrected chi connectivity index (χ0v) is 6.66. The Kier molecular flexibility index (Phi) is 2.01. The van der Waals surface area contributed by atoms with E-state index in [4.69, 9.17) is 6.57 Å². The molecule has 9 heavy (non-hydrogen) atoms. The molecule has 0 saturated carbocycles. The van der Waals surface area contributed by atoms with Gasteiger partial charge in [-0.05, 0) is 6.07 Å². The van der Waals surface area contributed by atoms with Crippen LogP contribution in [0.3, 0.4) is 0 Å². The number of pyridine rings is 1. The van der Waals surface area contributed by atoms with Gasteiger partial charge >= 0.3 is 0 Å². The Morgan fingerprint density at radius 1 is 1.67 bits per heavy atom. The maximum atomic E-state index is 6.68. The Labute approximate surface area is 66.9 Å². The summed E-state index contributed by atoms with van der Waals surface area (Å²) < 4.78 is 0.908. The quantitative estimate of drug-likeness (QED) is 0.493. The van der Waals surface area contributed by atoms with Gasteiger partial charge in [-0.25, -0.2) is 4.85 Å². The van der Waals surface area contributed by atoms with Gasteiger partial charge in [0.05, 0.1) is 6.57 Å². The molecular formula is C6H3IN2. The topological polar surface area (TPSA) is 17.2 Å². The summed E-state index contributed by atoms with van der Waals surface area (Å²) in [5.74, 6) is 0. The smallest absolute Gasteiger partial charge is 0.203 e. The van der Waals surface area contributed by atoms with Crippen molar-refractivity contribution in [3.63, 3.8) is 0 Å². The summed E-state index contributed by atoms with van der Waals surface area (Å²) in [5.41, 5.74) is 0.672. The zero-order valence-electron chi connectivity index (χ0n) is 4.50. The van der Waals surface area contributed by atoms with Crippen molar-refractivity contribution in [3.05, 3.63) is 33.4 Å². The SMILES string of the molecule is [C-]#[N+]c1ccncc1I. The lowest BCUT2D eigenvalue weighted by atomic mass is 10.4. The fraction of sp³-hybridized carbons (Fsp3) is 0. The lowest BCUT2D eigenvalue weighted by Crippen LogP contribution is -1.72. The Morgan fingerprint density at radius 3 is 2.89 bits per heavy atom. The molecule has 1 rings (SSSR count). The minimum Gasteiger partial charge on any atom is -0.266 e. The lowest BCUT2D eigenvalue weighted by molar-refractivity contribution is 1.32. The van der Waals surface area contributed by atoms with Crippen LogP contribution in [0.5, 0.6) is 0 Å². The number of hydrogen-bond donors (Lipinski definition) is 0. The van der Waals surface area contributed by atoms with Crippen LogP contribution in [0.25, 0.3) is 4.85 Å². The molecule has 44 valence electrons. The molecule has 0 unspecified atom stereocenters. The molecule has 3 heteroatoms. The Hall–Kier alpha value is -0.630. The number of aromatic nitrogens is 1. The third-order valence-electron chi connectivity index (χ3n) is 0.871. The summed E-state index contributed by atoms with van der Waals surface area (Å²) in [5, 5.41) is 0. The van der Waals surface area contributed by atoms with Crippen molar-refractivity contribution >= 4 is 28.3 Å². The Balaban J connectivity index is 3.20. The van der Waals surface area contributed by atoms with Crippen LogP contribution in [0, 0.1) is 10.1 Å². The second kappa shape index (κ2) is 2.78. The van der Waals surface area contributed by atoms with Crippen molar-refractivity contribution in [1.82, 2.24) is 4.98 Å². The molecule has 0 aliphatic heterocycles. The average molecular weight is 230 g/mol. The second-order valence-electron chi connectivity index (χ2n) is 1.44.